The summed E-state index contributed by atoms with van der Waals surface area (Å²) in [6.45, 7) is 10.3. The standard InChI is InChI=1S/C17H27N5O2/c1-7-14-13(15(8-2)22(6)20-14)9-18-17(23)19-10(3)16-11(4)21-24-12(16)5/h10H,7-9H2,1-6H3,(H2,18,19,23)/t10-/m0/s1. The normalized spacial score (nSPS) is 12.2. The summed E-state index contributed by atoms with van der Waals surface area (Å²) >= 11 is 0. The summed E-state index contributed by atoms with van der Waals surface area (Å²) < 4.78 is 7.06. The number of carbonyl (C=O) groups excluding carboxylic acids is 1. The number of nitrogens with zero attached hydrogens (tertiary/aromatic N) is 3. The molecule has 2 rings (SSSR count). The number of carbonyl (C=O) groups is 1. The van der Waals surface area contributed by atoms with Gasteiger partial charge in [-0.15, -0.1) is 0 Å². The highest BCUT2D eigenvalue weighted by atomic mass is 16.5. The lowest BCUT2D eigenvalue weighted by Crippen LogP contribution is -2.37. The molecule has 0 saturated heterocycles. The van der Waals surface area contributed by atoms with Crippen LogP contribution >= 0.6 is 0 Å². The Morgan fingerprint density at radius 3 is 2.54 bits per heavy atom. The van der Waals surface area contributed by atoms with Crippen molar-refractivity contribution in [2.24, 2.45) is 7.05 Å². The molecule has 0 aliphatic rings. The van der Waals surface area contributed by atoms with E-state index in [1.54, 1.807) is 0 Å². The van der Waals surface area contributed by atoms with Gasteiger partial charge in [0, 0.05) is 30.4 Å². The third-order valence-electron chi connectivity index (χ3n) is 4.32. The van der Waals surface area contributed by atoms with E-state index in [4.69, 9.17) is 4.52 Å². The van der Waals surface area contributed by atoms with Crippen molar-refractivity contribution in [2.45, 2.75) is 60.0 Å². The summed E-state index contributed by atoms with van der Waals surface area (Å²) in [5.41, 5.74) is 5.03. The van der Waals surface area contributed by atoms with Crippen molar-refractivity contribution >= 4 is 6.03 Å². The summed E-state index contributed by atoms with van der Waals surface area (Å²) in [6, 6.07) is -0.378. The fourth-order valence-electron chi connectivity index (χ4n) is 3.19. The van der Waals surface area contributed by atoms with Crippen molar-refractivity contribution < 1.29 is 9.32 Å². The maximum absolute atomic E-state index is 12.3. The number of urea groups is 1. The lowest BCUT2D eigenvalue weighted by molar-refractivity contribution is 0.237. The minimum atomic E-state index is -0.213. The molecule has 0 unspecified atom stereocenters. The average molecular weight is 333 g/mol. The second-order valence-electron chi connectivity index (χ2n) is 5.99. The maximum atomic E-state index is 12.3. The van der Waals surface area contributed by atoms with Gasteiger partial charge in [-0.2, -0.15) is 5.10 Å². The summed E-state index contributed by atoms with van der Waals surface area (Å²) in [5.74, 6) is 0.731. The molecular weight excluding hydrogens is 306 g/mol. The van der Waals surface area contributed by atoms with Crippen LogP contribution in [0, 0.1) is 13.8 Å². The van der Waals surface area contributed by atoms with Crippen molar-refractivity contribution in [2.75, 3.05) is 0 Å². The van der Waals surface area contributed by atoms with Crippen LogP contribution in [-0.4, -0.2) is 21.0 Å². The van der Waals surface area contributed by atoms with Gasteiger partial charge in [0.05, 0.1) is 17.4 Å². The lowest BCUT2D eigenvalue weighted by atomic mass is 10.1. The van der Waals surface area contributed by atoms with Crippen LogP contribution < -0.4 is 10.6 Å². The number of nitrogens with one attached hydrogen (secondary N) is 2. The van der Waals surface area contributed by atoms with Crippen molar-refractivity contribution in [1.29, 1.82) is 0 Å². The molecule has 24 heavy (non-hydrogen) atoms. The molecule has 2 heterocycles. The Morgan fingerprint density at radius 1 is 1.29 bits per heavy atom. The minimum Gasteiger partial charge on any atom is -0.361 e. The monoisotopic (exact) mass is 333 g/mol. The van der Waals surface area contributed by atoms with Crippen molar-refractivity contribution in [3.8, 4) is 0 Å². The largest absolute Gasteiger partial charge is 0.361 e. The van der Waals surface area contributed by atoms with E-state index in [0.717, 1.165) is 46.8 Å². The molecule has 0 radical (unpaired) electrons. The molecule has 0 fully saturated rings. The van der Waals surface area contributed by atoms with E-state index in [0.29, 0.717) is 6.54 Å². The molecule has 2 N–H and O–H groups in total. The van der Waals surface area contributed by atoms with Gasteiger partial charge >= 0.3 is 6.03 Å². The van der Waals surface area contributed by atoms with Gasteiger partial charge in [0.2, 0.25) is 0 Å². The Morgan fingerprint density at radius 2 is 2.00 bits per heavy atom. The second kappa shape index (κ2) is 7.51. The number of amides is 2. The molecular formula is C17H27N5O2. The Kier molecular flexibility index (Phi) is 5.64. The van der Waals surface area contributed by atoms with Crippen molar-refractivity contribution in [3.63, 3.8) is 0 Å². The van der Waals surface area contributed by atoms with Gasteiger partial charge in [0.25, 0.3) is 0 Å². The molecule has 0 spiro atoms. The van der Waals surface area contributed by atoms with Gasteiger partial charge in [0.15, 0.2) is 0 Å². The average Bonchev–Trinajstić information content (AvgIpc) is 3.03. The summed E-state index contributed by atoms with van der Waals surface area (Å²) in [6.07, 6.45) is 1.74. The summed E-state index contributed by atoms with van der Waals surface area (Å²) in [5, 5.41) is 14.3. The van der Waals surface area contributed by atoms with E-state index in [1.165, 1.54) is 0 Å². The summed E-state index contributed by atoms with van der Waals surface area (Å²) in [4.78, 5) is 12.3. The maximum Gasteiger partial charge on any atom is 0.315 e. The topological polar surface area (TPSA) is 85.0 Å². The van der Waals surface area contributed by atoms with Gasteiger partial charge < -0.3 is 15.2 Å². The summed E-state index contributed by atoms with van der Waals surface area (Å²) in [7, 11) is 1.95. The van der Waals surface area contributed by atoms with Crippen LogP contribution in [0.2, 0.25) is 0 Å². The van der Waals surface area contributed by atoms with Gasteiger partial charge in [-0.1, -0.05) is 19.0 Å². The van der Waals surface area contributed by atoms with E-state index in [1.807, 2.05) is 32.5 Å². The molecule has 0 aliphatic carbocycles. The van der Waals surface area contributed by atoms with E-state index < -0.39 is 0 Å². The highest BCUT2D eigenvalue weighted by Gasteiger charge is 2.19. The first-order valence-corrected chi connectivity index (χ1v) is 8.39. The lowest BCUT2D eigenvalue weighted by Gasteiger charge is -2.15. The number of hydrogen-bond acceptors (Lipinski definition) is 4. The molecule has 0 aliphatic heterocycles. The molecule has 2 aromatic rings. The predicted octanol–water partition coefficient (Wildman–Crippen LogP) is 2.71. The van der Waals surface area contributed by atoms with Gasteiger partial charge in [-0.3, -0.25) is 4.68 Å². The zero-order chi connectivity index (χ0) is 17.9. The first-order chi connectivity index (χ1) is 11.4. The molecule has 2 aromatic heterocycles. The minimum absolute atomic E-state index is 0.165. The quantitative estimate of drug-likeness (QED) is 0.851. The van der Waals surface area contributed by atoms with Crippen LogP contribution in [0.4, 0.5) is 4.79 Å². The predicted molar refractivity (Wildman–Crippen MR) is 91.7 cm³/mol. The van der Waals surface area contributed by atoms with E-state index >= 15 is 0 Å². The van der Waals surface area contributed by atoms with E-state index in [2.05, 4.69) is 34.7 Å². The van der Waals surface area contributed by atoms with Crippen LogP contribution in [-0.2, 0) is 26.4 Å². The van der Waals surface area contributed by atoms with Crippen molar-refractivity contribution in [3.05, 3.63) is 34.0 Å². The highest BCUT2D eigenvalue weighted by Crippen LogP contribution is 2.20. The molecule has 7 nitrogen and oxygen atoms in total. The first-order valence-electron chi connectivity index (χ1n) is 8.39. The smallest absolute Gasteiger partial charge is 0.315 e. The molecule has 0 bridgehead atoms. The van der Waals surface area contributed by atoms with E-state index in [-0.39, 0.29) is 12.1 Å². The second-order valence-corrected chi connectivity index (χ2v) is 5.99. The van der Waals surface area contributed by atoms with Crippen LogP contribution in [0.3, 0.4) is 0 Å². The van der Waals surface area contributed by atoms with Gasteiger partial charge in [0.1, 0.15) is 5.76 Å². The van der Waals surface area contributed by atoms with E-state index in [9.17, 15) is 4.79 Å². The molecule has 2 amide bonds. The Balaban J connectivity index is 2.01. The highest BCUT2D eigenvalue weighted by molar-refractivity contribution is 5.74. The van der Waals surface area contributed by atoms with Crippen LogP contribution in [0.25, 0.3) is 0 Å². The fourth-order valence-corrected chi connectivity index (χ4v) is 3.19. The zero-order valence-corrected chi connectivity index (χ0v) is 15.4. The third kappa shape index (κ3) is 3.60. The number of rotatable bonds is 6. The number of aromatic nitrogens is 3. The molecule has 1 atom stereocenters. The number of aryl methyl sites for hydroxylation is 4. The molecule has 132 valence electrons. The SMILES string of the molecule is CCc1nn(C)c(CC)c1CNC(=O)N[C@@H](C)c1c(C)noc1C. The van der Waals surface area contributed by atoms with Crippen LogP contribution in [0.15, 0.2) is 4.52 Å². The zero-order valence-electron chi connectivity index (χ0n) is 15.4. The molecule has 7 heteroatoms. The van der Waals surface area contributed by atoms with Crippen LogP contribution in [0.1, 0.15) is 60.8 Å². The van der Waals surface area contributed by atoms with Crippen molar-refractivity contribution in [1.82, 2.24) is 25.6 Å². The van der Waals surface area contributed by atoms with Gasteiger partial charge in [-0.25, -0.2) is 4.79 Å². The Hall–Kier alpha value is -2.31. The van der Waals surface area contributed by atoms with Crippen LogP contribution in [0.5, 0.6) is 0 Å². The van der Waals surface area contributed by atoms with Gasteiger partial charge in [-0.05, 0) is 33.6 Å². The first kappa shape index (κ1) is 18.0. The Labute approximate surface area is 142 Å². The fraction of sp³-hybridized carbons (Fsp3) is 0.588. The third-order valence-corrected chi connectivity index (χ3v) is 4.32. The number of hydrogen-bond donors (Lipinski definition) is 2. The molecule has 0 saturated carbocycles. The Bertz CT molecular complexity index is 697. The molecule has 0 aromatic carbocycles.